The van der Waals surface area contributed by atoms with Crippen LogP contribution in [0.4, 0.5) is 0 Å². The molecule has 2 aromatic rings. The lowest BCUT2D eigenvalue weighted by atomic mass is 9.72. The van der Waals surface area contributed by atoms with E-state index in [1.165, 1.54) is 36.6 Å². The van der Waals surface area contributed by atoms with Gasteiger partial charge in [-0.05, 0) is 59.1 Å². The second-order valence-corrected chi connectivity index (χ2v) is 5.92. The van der Waals surface area contributed by atoms with Crippen LogP contribution >= 0.6 is 0 Å². The van der Waals surface area contributed by atoms with Crippen LogP contribution in [-0.4, -0.2) is 15.7 Å². The van der Waals surface area contributed by atoms with Crippen LogP contribution in [0.5, 0.6) is 0 Å². The second-order valence-electron chi connectivity index (χ2n) is 5.92. The third-order valence-corrected chi connectivity index (χ3v) is 4.47. The average Bonchev–Trinajstić information content (AvgIpc) is 2.34. The van der Waals surface area contributed by atoms with Gasteiger partial charge in [-0.15, -0.1) is 0 Å². The summed E-state index contributed by atoms with van der Waals surface area (Å²) in [5, 5.41) is 0. The minimum atomic E-state index is 1.22. The van der Waals surface area contributed by atoms with E-state index in [1.807, 2.05) is 0 Å². The highest BCUT2D eigenvalue weighted by Gasteiger charge is 2.25. The lowest BCUT2D eigenvalue weighted by Crippen LogP contribution is -2.20. The first-order valence-corrected chi connectivity index (χ1v) is 6.97. The van der Waals surface area contributed by atoms with E-state index in [-0.39, 0.29) is 0 Å². The van der Waals surface area contributed by atoms with Gasteiger partial charge in [0.25, 0.3) is 0 Å². The van der Waals surface area contributed by atoms with Crippen LogP contribution in [0, 0.1) is 0 Å². The first kappa shape index (κ1) is 10.5. The number of benzene rings is 2. The zero-order valence-corrected chi connectivity index (χ0v) is 11.1. The maximum atomic E-state index is 2.40. The van der Waals surface area contributed by atoms with Gasteiger partial charge < -0.3 is 0 Å². The molecule has 2 aromatic carbocycles. The normalized spacial score (nSPS) is 15.3. The summed E-state index contributed by atoms with van der Waals surface area (Å²) in [6, 6.07) is 9.60. The van der Waals surface area contributed by atoms with Crippen LogP contribution in [0.15, 0.2) is 24.3 Å². The van der Waals surface area contributed by atoms with E-state index in [4.69, 9.17) is 0 Å². The highest BCUT2D eigenvalue weighted by Crippen LogP contribution is 2.41. The predicted octanol–water partition coefficient (Wildman–Crippen LogP) is 0.0676. The van der Waals surface area contributed by atoms with Crippen LogP contribution in [0.1, 0.15) is 22.3 Å². The standard InChI is InChI=1S/C16H16B2/c17-13-5-9-1-2-10-6-14(18)8-12-4-3-11(7-13)15(9)16(10)12/h5-8H,1-4,17-18H2. The van der Waals surface area contributed by atoms with Crippen LogP contribution in [0.25, 0.3) is 11.1 Å². The van der Waals surface area contributed by atoms with E-state index in [2.05, 4.69) is 40.0 Å². The highest BCUT2D eigenvalue weighted by molar-refractivity contribution is 6.33. The van der Waals surface area contributed by atoms with E-state index in [0.29, 0.717) is 0 Å². The fourth-order valence-corrected chi connectivity index (χ4v) is 3.85. The summed E-state index contributed by atoms with van der Waals surface area (Å²) in [5.74, 6) is 0. The Morgan fingerprint density at radius 1 is 0.556 bits per heavy atom. The minimum absolute atomic E-state index is 1.22. The summed E-state index contributed by atoms with van der Waals surface area (Å²) >= 11 is 0. The molecule has 0 amide bonds. The zero-order chi connectivity index (χ0) is 12.3. The van der Waals surface area contributed by atoms with Crippen molar-refractivity contribution in [1.29, 1.82) is 0 Å². The van der Waals surface area contributed by atoms with Crippen molar-refractivity contribution in [2.75, 3.05) is 0 Å². The van der Waals surface area contributed by atoms with Crippen molar-refractivity contribution in [3.8, 4) is 11.1 Å². The summed E-state index contributed by atoms with van der Waals surface area (Å²) in [6.07, 6.45) is 4.89. The SMILES string of the molecule is Bc1cc2c3c(c1)CCc1cc(B)cc(c1-3)CC2. The number of aryl methyl sites for hydroxylation is 4. The molecule has 0 nitrogen and oxygen atoms in total. The Kier molecular flexibility index (Phi) is 2.06. The first-order valence-electron chi connectivity index (χ1n) is 6.97. The zero-order valence-electron chi connectivity index (χ0n) is 11.1. The molecule has 0 N–H and O–H groups in total. The summed E-state index contributed by atoms with van der Waals surface area (Å²) in [6.45, 7) is 0. The van der Waals surface area contributed by atoms with Crippen molar-refractivity contribution in [3.05, 3.63) is 46.5 Å². The molecule has 0 radical (unpaired) electrons. The summed E-state index contributed by atoms with van der Waals surface area (Å²) in [5.41, 5.74) is 12.4. The van der Waals surface area contributed by atoms with Crippen LogP contribution in [-0.2, 0) is 25.7 Å². The minimum Gasteiger partial charge on any atom is -0.0884 e. The first-order chi connectivity index (χ1) is 8.72. The molecular weight excluding hydrogens is 214 g/mol. The maximum absolute atomic E-state index is 2.40. The maximum Gasteiger partial charge on any atom is 0.139 e. The number of hydrogen-bond donors (Lipinski definition) is 0. The van der Waals surface area contributed by atoms with E-state index in [0.717, 1.165) is 0 Å². The van der Waals surface area contributed by atoms with Gasteiger partial charge in [-0.2, -0.15) is 0 Å². The van der Waals surface area contributed by atoms with E-state index in [9.17, 15) is 0 Å². The van der Waals surface area contributed by atoms with Gasteiger partial charge in [0.1, 0.15) is 15.7 Å². The van der Waals surface area contributed by atoms with Gasteiger partial charge in [-0.25, -0.2) is 0 Å². The average molecular weight is 230 g/mol. The molecule has 0 spiro atoms. The molecule has 0 aromatic heterocycles. The van der Waals surface area contributed by atoms with Crippen molar-refractivity contribution >= 4 is 26.6 Å². The number of hydrogen-bond acceptors (Lipinski definition) is 0. The Morgan fingerprint density at radius 2 is 0.833 bits per heavy atom. The van der Waals surface area contributed by atoms with Crippen LogP contribution in [0.2, 0.25) is 0 Å². The molecule has 2 aliphatic rings. The van der Waals surface area contributed by atoms with Crippen molar-refractivity contribution in [2.45, 2.75) is 25.7 Å². The largest absolute Gasteiger partial charge is 0.139 e. The van der Waals surface area contributed by atoms with E-state index < -0.39 is 0 Å². The smallest absolute Gasteiger partial charge is 0.0884 e. The molecular formula is C16H16B2. The van der Waals surface area contributed by atoms with Crippen molar-refractivity contribution in [1.82, 2.24) is 0 Å². The third kappa shape index (κ3) is 1.35. The lowest BCUT2D eigenvalue weighted by Gasteiger charge is -2.30. The van der Waals surface area contributed by atoms with Crippen LogP contribution in [0.3, 0.4) is 0 Å². The van der Waals surface area contributed by atoms with Gasteiger partial charge in [-0.1, -0.05) is 35.2 Å². The molecule has 0 saturated heterocycles. The third-order valence-electron chi connectivity index (χ3n) is 4.47. The molecule has 18 heavy (non-hydrogen) atoms. The molecule has 0 heterocycles. The Labute approximate surface area is 110 Å². The Bertz CT molecular complexity index is 561. The molecule has 0 fully saturated rings. The van der Waals surface area contributed by atoms with Gasteiger partial charge in [0.15, 0.2) is 0 Å². The molecule has 4 rings (SSSR count). The fourth-order valence-electron chi connectivity index (χ4n) is 3.85. The van der Waals surface area contributed by atoms with Crippen molar-refractivity contribution < 1.29 is 0 Å². The van der Waals surface area contributed by atoms with Crippen molar-refractivity contribution in [2.24, 2.45) is 0 Å². The van der Waals surface area contributed by atoms with Gasteiger partial charge in [0.2, 0.25) is 0 Å². The molecule has 0 unspecified atom stereocenters. The quantitative estimate of drug-likeness (QED) is 0.561. The number of rotatable bonds is 0. The van der Waals surface area contributed by atoms with Gasteiger partial charge in [-0.3, -0.25) is 0 Å². The Balaban J connectivity index is 2.10. The Morgan fingerprint density at radius 3 is 1.11 bits per heavy atom. The molecule has 86 valence electrons. The predicted molar refractivity (Wildman–Crippen MR) is 83.1 cm³/mol. The summed E-state index contributed by atoms with van der Waals surface area (Å²) < 4.78 is 0. The monoisotopic (exact) mass is 230 g/mol. The summed E-state index contributed by atoms with van der Waals surface area (Å²) in [7, 11) is 4.47. The fraction of sp³-hybridized carbons (Fsp3) is 0.250. The topological polar surface area (TPSA) is 0 Å². The molecule has 2 aliphatic carbocycles. The van der Waals surface area contributed by atoms with E-state index in [1.54, 1.807) is 33.4 Å². The van der Waals surface area contributed by atoms with Crippen molar-refractivity contribution in [3.63, 3.8) is 0 Å². The molecule has 0 atom stereocenters. The molecule has 0 aliphatic heterocycles. The second kappa shape index (κ2) is 3.54. The van der Waals surface area contributed by atoms with Gasteiger partial charge in [0, 0.05) is 0 Å². The van der Waals surface area contributed by atoms with Crippen LogP contribution < -0.4 is 10.9 Å². The summed E-state index contributed by atoms with van der Waals surface area (Å²) in [4.78, 5) is 0. The molecule has 2 heteroatoms. The lowest BCUT2D eigenvalue weighted by molar-refractivity contribution is 0.880. The highest BCUT2D eigenvalue weighted by atomic mass is 14.3. The van der Waals surface area contributed by atoms with Gasteiger partial charge >= 0.3 is 0 Å². The van der Waals surface area contributed by atoms with E-state index >= 15 is 0 Å². The Hall–Kier alpha value is -1.43. The molecule has 0 bridgehead atoms. The molecule has 0 saturated carbocycles. The van der Waals surface area contributed by atoms with Gasteiger partial charge in [0.05, 0.1) is 0 Å².